The van der Waals surface area contributed by atoms with E-state index < -0.39 is 32.5 Å². The van der Waals surface area contributed by atoms with Crippen LogP contribution in [0, 0.1) is 0 Å². The molecular formula is C43H78NO8P. The summed E-state index contributed by atoms with van der Waals surface area (Å²) in [6, 6.07) is 0. The van der Waals surface area contributed by atoms with Crippen LogP contribution in [-0.2, 0) is 32.7 Å². The molecule has 308 valence electrons. The number of phosphoric ester groups is 1. The van der Waals surface area contributed by atoms with Crippen molar-refractivity contribution in [1.82, 2.24) is 0 Å². The molecule has 0 amide bonds. The number of unbranched alkanes of at least 4 members (excludes halogenated alkanes) is 15. The first kappa shape index (κ1) is 51.0. The Labute approximate surface area is 324 Å². The van der Waals surface area contributed by atoms with E-state index in [1.54, 1.807) is 0 Å². The van der Waals surface area contributed by atoms with Gasteiger partial charge in [0.2, 0.25) is 0 Å². The zero-order chi connectivity index (χ0) is 39.3. The Balaban J connectivity index is 4.45. The molecule has 0 saturated carbocycles. The minimum atomic E-state index is -4.63. The predicted molar refractivity (Wildman–Crippen MR) is 217 cm³/mol. The molecular weight excluding hydrogens is 689 g/mol. The Kier molecular flexibility index (Phi) is 34.3. The lowest BCUT2D eigenvalue weighted by atomic mass is 10.1. The zero-order valence-corrected chi connectivity index (χ0v) is 35.3. The van der Waals surface area contributed by atoms with Crippen LogP contribution in [0.3, 0.4) is 0 Å². The monoisotopic (exact) mass is 768 g/mol. The lowest BCUT2D eigenvalue weighted by molar-refractivity contribution is -0.870. The van der Waals surface area contributed by atoms with Gasteiger partial charge in [-0.15, -0.1) is 0 Å². The molecule has 0 aromatic rings. The number of esters is 2. The lowest BCUT2D eigenvalue weighted by Crippen LogP contribution is -2.37. The molecule has 0 rings (SSSR count). The second-order valence-electron chi connectivity index (χ2n) is 15.0. The minimum Gasteiger partial charge on any atom is -0.756 e. The summed E-state index contributed by atoms with van der Waals surface area (Å²) >= 11 is 0. The number of carbonyl (C=O) groups excluding carboxylic acids is 2. The largest absolute Gasteiger partial charge is 0.756 e. The van der Waals surface area contributed by atoms with Crippen LogP contribution in [0.5, 0.6) is 0 Å². The number of likely N-dealkylation sites (N-methyl/N-ethyl adjacent to an activating group) is 1. The molecule has 0 radical (unpaired) electrons. The Morgan fingerprint density at radius 1 is 0.585 bits per heavy atom. The van der Waals surface area contributed by atoms with Gasteiger partial charge in [0, 0.05) is 12.8 Å². The molecule has 9 nitrogen and oxygen atoms in total. The van der Waals surface area contributed by atoms with Gasteiger partial charge in [0.25, 0.3) is 7.82 Å². The van der Waals surface area contributed by atoms with E-state index in [2.05, 4.69) is 62.5 Å². The van der Waals surface area contributed by atoms with Crippen LogP contribution in [0.15, 0.2) is 48.6 Å². The second-order valence-corrected chi connectivity index (χ2v) is 16.4. The van der Waals surface area contributed by atoms with E-state index in [9.17, 15) is 19.0 Å². The summed E-state index contributed by atoms with van der Waals surface area (Å²) in [5, 5.41) is 0. The molecule has 0 saturated heterocycles. The van der Waals surface area contributed by atoms with E-state index in [1.165, 1.54) is 38.5 Å². The first-order valence-corrected chi connectivity index (χ1v) is 22.3. The third-order valence-electron chi connectivity index (χ3n) is 8.57. The summed E-state index contributed by atoms with van der Waals surface area (Å²) in [6.45, 7) is 4.11. The molecule has 0 aliphatic heterocycles. The smallest absolute Gasteiger partial charge is 0.306 e. The molecule has 10 heteroatoms. The third kappa shape index (κ3) is 39.5. The van der Waals surface area contributed by atoms with Gasteiger partial charge in [0.15, 0.2) is 6.10 Å². The number of carbonyl (C=O) groups is 2. The van der Waals surface area contributed by atoms with Crippen LogP contribution >= 0.6 is 7.82 Å². The van der Waals surface area contributed by atoms with Gasteiger partial charge in [-0.05, 0) is 70.6 Å². The fraction of sp³-hybridized carbons (Fsp3) is 0.767. The van der Waals surface area contributed by atoms with Gasteiger partial charge in [0.05, 0.1) is 27.7 Å². The highest BCUT2D eigenvalue weighted by Gasteiger charge is 2.21. The summed E-state index contributed by atoms with van der Waals surface area (Å²) in [7, 11) is 1.14. The predicted octanol–water partition coefficient (Wildman–Crippen LogP) is 10.9. The Morgan fingerprint density at radius 3 is 1.55 bits per heavy atom. The fourth-order valence-corrected chi connectivity index (χ4v) is 5.96. The Hall–Kier alpha value is -2.03. The van der Waals surface area contributed by atoms with E-state index in [4.69, 9.17) is 18.5 Å². The molecule has 0 aliphatic carbocycles. The number of hydrogen-bond donors (Lipinski definition) is 0. The standard InChI is InChI=1S/C43H78NO8P/c1-6-8-10-12-14-16-18-20-22-24-26-28-30-32-34-36-43(46)52-41(40-51-53(47,48)50-38-37-44(3,4)5)39-49-42(45)35-33-31-29-27-25-23-21-19-17-15-13-11-9-7-2/h13-16,19-22,41H,6-12,17-18,23-40H2,1-5H3/b15-13+,16-14+,21-19+,22-20+/t41-/m1/s1. The minimum absolute atomic E-state index is 0.0377. The van der Waals surface area contributed by atoms with E-state index in [-0.39, 0.29) is 26.1 Å². The maximum atomic E-state index is 12.6. The van der Waals surface area contributed by atoms with Gasteiger partial charge in [-0.3, -0.25) is 14.2 Å². The molecule has 0 heterocycles. The van der Waals surface area contributed by atoms with Gasteiger partial charge in [0.1, 0.15) is 19.8 Å². The summed E-state index contributed by atoms with van der Waals surface area (Å²) < 4.78 is 33.8. The van der Waals surface area contributed by atoms with Crippen molar-refractivity contribution in [2.75, 3.05) is 47.5 Å². The van der Waals surface area contributed by atoms with Crippen molar-refractivity contribution in [3.8, 4) is 0 Å². The molecule has 0 spiro atoms. The highest BCUT2D eigenvalue weighted by molar-refractivity contribution is 7.45. The summed E-state index contributed by atoms with van der Waals surface area (Å²) in [4.78, 5) is 37.4. The molecule has 53 heavy (non-hydrogen) atoms. The van der Waals surface area contributed by atoms with Gasteiger partial charge in [-0.1, -0.05) is 127 Å². The van der Waals surface area contributed by atoms with Crippen molar-refractivity contribution in [1.29, 1.82) is 0 Å². The third-order valence-corrected chi connectivity index (χ3v) is 9.54. The van der Waals surface area contributed by atoms with Gasteiger partial charge in [-0.2, -0.15) is 0 Å². The number of quaternary nitrogens is 1. The van der Waals surface area contributed by atoms with Crippen molar-refractivity contribution >= 4 is 19.8 Å². The molecule has 2 atom stereocenters. The molecule has 0 aromatic carbocycles. The van der Waals surface area contributed by atoms with Crippen LogP contribution in [0.25, 0.3) is 0 Å². The van der Waals surface area contributed by atoms with Crippen LogP contribution in [0.4, 0.5) is 0 Å². The number of hydrogen-bond acceptors (Lipinski definition) is 8. The number of rotatable bonds is 37. The average Bonchev–Trinajstić information content (AvgIpc) is 3.10. The number of nitrogens with zero attached hydrogens (tertiary/aromatic N) is 1. The van der Waals surface area contributed by atoms with Gasteiger partial charge >= 0.3 is 11.9 Å². The normalized spacial score (nSPS) is 14.2. The van der Waals surface area contributed by atoms with Gasteiger partial charge in [-0.25, -0.2) is 0 Å². The van der Waals surface area contributed by atoms with Gasteiger partial charge < -0.3 is 27.9 Å². The number of ether oxygens (including phenoxy) is 2. The highest BCUT2D eigenvalue weighted by Crippen LogP contribution is 2.38. The SMILES string of the molecule is CCCC/C=C/C/C=C/CCCCCCCC(=O)OC[C@H](COP(=O)([O-])OCC[N+](C)(C)C)OC(=O)CCCCCCC/C=C/C/C=C/CCCCC. The zero-order valence-electron chi connectivity index (χ0n) is 34.4. The molecule has 0 fully saturated rings. The fourth-order valence-electron chi connectivity index (χ4n) is 5.23. The van der Waals surface area contributed by atoms with Crippen molar-refractivity contribution in [3.63, 3.8) is 0 Å². The first-order chi connectivity index (χ1) is 25.5. The second kappa shape index (κ2) is 35.7. The average molecular weight is 768 g/mol. The first-order valence-electron chi connectivity index (χ1n) is 20.8. The summed E-state index contributed by atoms with van der Waals surface area (Å²) in [5.41, 5.74) is 0. The topological polar surface area (TPSA) is 111 Å². The lowest BCUT2D eigenvalue weighted by Gasteiger charge is -2.28. The van der Waals surface area contributed by atoms with Crippen LogP contribution < -0.4 is 4.89 Å². The quantitative estimate of drug-likeness (QED) is 0.0202. The van der Waals surface area contributed by atoms with E-state index in [0.717, 1.165) is 83.5 Å². The Morgan fingerprint density at radius 2 is 1.04 bits per heavy atom. The molecule has 0 bridgehead atoms. The van der Waals surface area contributed by atoms with Crippen molar-refractivity contribution in [2.45, 2.75) is 168 Å². The van der Waals surface area contributed by atoms with E-state index in [0.29, 0.717) is 23.9 Å². The van der Waals surface area contributed by atoms with Crippen LogP contribution in [-0.4, -0.2) is 70.0 Å². The van der Waals surface area contributed by atoms with Crippen molar-refractivity contribution in [2.24, 2.45) is 0 Å². The highest BCUT2D eigenvalue weighted by atomic mass is 31.2. The molecule has 0 aromatic heterocycles. The maximum Gasteiger partial charge on any atom is 0.306 e. The Bertz CT molecular complexity index is 1050. The molecule has 0 N–H and O–H groups in total. The number of allylic oxidation sites excluding steroid dienone is 8. The molecule has 0 aliphatic rings. The van der Waals surface area contributed by atoms with Crippen LogP contribution in [0.1, 0.15) is 162 Å². The van der Waals surface area contributed by atoms with E-state index >= 15 is 0 Å². The number of phosphoric acid groups is 1. The summed E-state index contributed by atoms with van der Waals surface area (Å²) in [5.74, 6) is -0.871. The van der Waals surface area contributed by atoms with Crippen molar-refractivity contribution < 1.29 is 42.1 Å². The van der Waals surface area contributed by atoms with Crippen LogP contribution in [0.2, 0.25) is 0 Å². The van der Waals surface area contributed by atoms with E-state index in [1.807, 2.05) is 21.1 Å². The maximum absolute atomic E-state index is 12.6. The van der Waals surface area contributed by atoms with Crippen molar-refractivity contribution in [3.05, 3.63) is 48.6 Å². The summed E-state index contributed by atoms with van der Waals surface area (Å²) in [6.07, 6.45) is 39.9. The molecule has 1 unspecified atom stereocenters.